The topological polar surface area (TPSA) is 122 Å². The number of hydrogen-bond donors (Lipinski definition) is 0. The number of fused-ring (bicyclic) bond motifs is 2. The standard InChI is InChI=1S/C20H23BN2O4S.C14H11BrN2O2S.7H2/c1-14-13-16-17(21-26-19(2,3)20(4,5)27-21)11-12-22-18(16)23(14)28(24,25)15-9-7-6-8-10-15;1-10-9-12-13(15)7-8-16-14(12)17(10)20(18,19)11-5-3-2-4-6-11;;;;;;;/h6-13H,1-5H3;2-9H,1H3;7*1H/i;;7*1+1D. The molecule has 0 amide bonds. The molecule has 1 aliphatic rings. The fourth-order valence-corrected chi connectivity index (χ4v) is 9.01. The molecule has 48 heavy (non-hydrogen) atoms. The van der Waals surface area contributed by atoms with E-state index in [1.165, 1.54) is 7.94 Å². The van der Waals surface area contributed by atoms with Crippen LogP contribution in [0.4, 0.5) is 0 Å². The zero-order valence-electron chi connectivity index (χ0n) is 41.2. The van der Waals surface area contributed by atoms with Crippen LogP contribution in [0.1, 0.15) is 59.9 Å². The van der Waals surface area contributed by atoms with Gasteiger partial charge in [-0.25, -0.2) is 34.7 Å². The van der Waals surface area contributed by atoms with Gasteiger partial charge < -0.3 is 9.31 Å². The minimum Gasteiger partial charge on any atom is -0.399 e. The van der Waals surface area contributed by atoms with Crippen LogP contribution in [-0.4, -0.2) is 53.1 Å². The van der Waals surface area contributed by atoms with Gasteiger partial charge in [0.25, 0.3) is 20.0 Å². The van der Waals surface area contributed by atoms with E-state index in [1.54, 1.807) is 93.0 Å². The van der Waals surface area contributed by atoms with Gasteiger partial charge in [0.1, 0.15) is 0 Å². The van der Waals surface area contributed by atoms with Crippen molar-refractivity contribution in [1.29, 1.82) is 0 Å². The van der Waals surface area contributed by atoms with E-state index in [4.69, 9.17) is 30.1 Å². The van der Waals surface area contributed by atoms with Gasteiger partial charge in [0.2, 0.25) is 0 Å². The van der Waals surface area contributed by atoms with Gasteiger partial charge in [-0.05, 0) is 111 Å². The van der Waals surface area contributed by atoms with Crippen LogP contribution in [0.2, 0.25) is 0 Å². The average molecular weight is 778 g/mol. The second kappa shape index (κ2) is 12.3. The van der Waals surface area contributed by atoms with Gasteiger partial charge in [-0.3, -0.25) is 0 Å². The lowest BCUT2D eigenvalue weighted by Gasteiger charge is -2.32. The predicted molar refractivity (Wildman–Crippen MR) is 205 cm³/mol. The van der Waals surface area contributed by atoms with E-state index in [9.17, 15) is 16.8 Å². The lowest BCUT2D eigenvalue weighted by atomic mass is 9.78. The number of aryl methyl sites for hydroxylation is 2. The summed E-state index contributed by atoms with van der Waals surface area (Å²) < 4.78 is 138. The summed E-state index contributed by atoms with van der Waals surface area (Å²) >= 11 is 3.42. The highest BCUT2D eigenvalue weighted by atomic mass is 79.9. The van der Waals surface area contributed by atoms with Crippen LogP contribution in [0, 0.1) is 13.8 Å². The molecule has 262 valence electrons. The molecule has 0 atom stereocenters. The summed E-state index contributed by atoms with van der Waals surface area (Å²) in [4.78, 5) is 9.05. The van der Waals surface area contributed by atoms with Crippen molar-refractivity contribution >= 4 is 70.6 Å². The third kappa shape index (κ3) is 5.79. The summed E-state index contributed by atoms with van der Waals surface area (Å²) in [6.07, 6.45) is 3.18. The Labute approximate surface area is 310 Å². The quantitative estimate of drug-likeness (QED) is 0.162. The van der Waals surface area contributed by atoms with Crippen LogP contribution < -0.4 is 5.46 Å². The maximum atomic E-state index is 13.2. The normalized spacial score (nSPS) is 17.0. The number of pyridine rings is 2. The molecule has 1 aliphatic heterocycles. The molecule has 0 unspecified atom stereocenters. The van der Waals surface area contributed by atoms with E-state index in [-0.39, 0.29) is 9.79 Å². The molecule has 0 spiro atoms. The molecule has 0 aliphatic carbocycles. The molecule has 1 saturated heterocycles. The summed E-state index contributed by atoms with van der Waals surface area (Å²) in [6, 6.07) is 24.0. The third-order valence-electron chi connectivity index (χ3n) is 8.72. The Kier molecular flexibility index (Phi) is 6.67. The third-order valence-corrected chi connectivity index (χ3v) is 13.0. The fraction of sp³-hybridized carbons (Fsp3) is 0.235. The zero-order valence-corrected chi connectivity index (χ0v) is 30.5. The Bertz CT molecular complexity index is 2410. The second-order valence-corrected chi connectivity index (χ2v) is 16.9. The fourth-order valence-electron chi connectivity index (χ4n) is 5.57. The molecule has 6 aromatic rings. The SMILES string of the molecule is Cc1cc2c(B3OC(C)(C)C(C)(C)O3)ccnc2n1S(=O)(=O)c1ccccc1.Cc1cc2c(Br)ccnc2n1S(=O)(=O)c1ccccc1.[2H][2H].[2H][2H].[2H][2H].[2H][2H].[2H][2H].[2H][2H].[2H][2H]. The highest BCUT2D eigenvalue weighted by Crippen LogP contribution is 2.37. The molecule has 10 nitrogen and oxygen atoms in total. The molecule has 0 radical (unpaired) electrons. The first-order chi connectivity index (χ1) is 29.6. The smallest absolute Gasteiger partial charge is 0.399 e. The van der Waals surface area contributed by atoms with E-state index in [0.717, 1.165) is 15.3 Å². The minimum absolute atomic E-state index is 0.221. The molecular formula is C34H48BBrN4O6S2. The Morgan fingerprint density at radius 3 is 1.58 bits per heavy atom. The van der Waals surface area contributed by atoms with Gasteiger partial charge in [-0.1, -0.05) is 36.4 Å². The van der Waals surface area contributed by atoms with Crippen LogP contribution in [0.25, 0.3) is 22.1 Å². The summed E-state index contributed by atoms with van der Waals surface area (Å²) in [5.74, 6) is 0. The molecular weight excluding hydrogens is 715 g/mol. The van der Waals surface area contributed by atoms with E-state index in [0.29, 0.717) is 28.1 Å². The number of nitrogens with zero attached hydrogens (tertiary/aromatic N) is 4. The molecule has 0 saturated carbocycles. The van der Waals surface area contributed by atoms with Crippen molar-refractivity contribution in [2.75, 3.05) is 0 Å². The maximum Gasteiger partial charge on any atom is 0.495 e. The summed E-state index contributed by atoms with van der Waals surface area (Å²) in [5.41, 5.74) is 1.81. The highest BCUT2D eigenvalue weighted by molar-refractivity contribution is 9.10. The first-order valence-electron chi connectivity index (χ1n) is 22.1. The van der Waals surface area contributed by atoms with Crippen molar-refractivity contribution in [2.24, 2.45) is 0 Å². The van der Waals surface area contributed by atoms with Gasteiger partial charge in [-0.15, -0.1) is 0 Å². The lowest BCUT2D eigenvalue weighted by molar-refractivity contribution is 0.00578. The van der Waals surface area contributed by atoms with Crippen molar-refractivity contribution in [1.82, 2.24) is 17.9 Å². The van der Waals surface area contributed by atoms with Crippen molar-refractivity contribution < 1.29 is 46.9 Å². The molecule has 14 heteroatoms. The molecule has 7 rings (SSSR count). The first kappa shape index (κ1) is 26.1. The van der Waals surface area contributed by atoms with Crippen LogP contribution in [0.3, 0.4) is 0 Å². The number of rotatable bonds is 5. The Hall–Kier alpha value is -3.82. The highest BCUT2D eigenvalue weighted by Gasteiger charge is 2.52. The van der Waals surface area contributed by atoms with E-state index in [2.05, 4.69) is 25.9 Å². The largest absolute Gasteiger partial charge is 0.495 e. The van der Waals surface area contributed by atoms with E-state index in [1.807, 2.05) is 45.9 Å². The van der Waals surface area contributed by atoms with Gasteiger partial charge in [0, 0.05) is 59.8 Å². The molecule has 5 heterocycles. The average Bonchev–Trinajstić information content (AvgIpc) is 3.92. The number of aromatic nitrogens is 4. The maximum absolute atomic E-state index is 13.2. The zero-order chi connectivity index (χ0) is 48.6. The number of halogens is 1. The van der Waals surface area contributed by atoms with Crippen LogP contribution in [0.15, 0.2) is 112 Å². The van der Waals surface area contributed by atoms with Gasteiger partial charge in [0.15, 0.2) is 11.3 Å². The van der Waals surface area contributed by atoms with Crippen molar-refractivity contribution in [3.8, 4) is 0 Å². The summed E-state index contributed by atoms with van der Waals surface area (Å²) in [5, 5.41) is 1.49. The lowest BCUT2D eigenvalue weighted by Crippen LogP contribution is -2.41. The van der Waals surface area contributed by atoms with Crippen molar-refractivity contribution in [3.63, 3.8) is 0 Å². The molecule has 0 bridgehead atoms. The Morgan fingerprint density at radius 1 is 0.688 bits per heavy atom. The van der Waals surface area contributed by atoms with Gasteiger partial charge >= 0.3 is 7.12 Å². The van der Waals surface area contributed by atoms with Crippen LogP contribution in [-0.2, 0) is 29.4 Å². The minimum atomic E-state index is -3.77. The predicted octanol–water partition coefficient (Wildman–Crippen LogP) is 7.95. The van der Waals surface area contributed by atoms with Gasteiger partial charge in [0.05, 0.1) is 21.0 Å². The monoisotopic (exact) mass is 776 g/mol. The van der Waals surface area contributed by atoms with E-state index < -0.39 is 38.4 Å². The second-order valence-electron chi connectivity index (χ2n) is 12.5. The molecule has 4 aromatic heterocycles. The summed E-state index contributed by atoms with van der Waals surface area (Å²) in [7, 11) is -8.00. The Morgan fingerprint density at radius 2 is 1.10 bits per heavy atom. The molecule has 0 N–H and O–H groups in total. The molecule has 1 fully saturated rings. The number of hydrogen-bond acceptors (Lipinski definition) is 8. The first-order valence-corrected chi connectivity index (χ1v) is 18.8. The Balaban J connectivity index is 0. The molecule has 2 aromatic carbocycles. The van der Waals surface area contributed by atoms with Gasteiger partial charge in [-0.2, -0.15) is 0 Å². The number of benzene rings is 2. The van der Waals surface area contributed by atoms with Crippen LogP contribution in [0.5, 0.6) is 0 Å². The summed E-state index contributed by atoms with van der Waals surface area (Å²) in [6.45, 7) is 11.5. The van der Waals surface area contributed by atoms with E-state index >= 15 is 0 Å². The van der Waals surface area contributed by atoms with Crippen LogP contribution >= 0.6 is 15.9 Å². The van der Waals surface area contributed by atoms with Crippen molar-refractivity contribution in [2.45, 2.75) is 62.5 Å². The van der Waals surface area contributed by atoms with Crippen molar-refractivity contribution in [3.05, 3.63) is 113 Å².